The summed E-state index contributed by atoms with van der Waals surface area (Å²) in [5, 5.41) is 10.6. The smallest absolute Gasteiger partial charge is 0.0707 e. The molecule has 1 saturated heterocycles. The number of nitrogens with zero attached hydrogens (tertiary/aromatic N) is 1. The van der Waals surface area contributed by atoms with Crippen LogP contribution in [-0.4, -0.2) is 41.9 Å². The maximum atomic E-state index is 10.6. The molecule has 0 amide bonds. The monoisotopic (exact) mass is 339 g/mol. The Labute approximate surface area is 151 Å². The van der Waals surface area contributed by atoms with E-state index in [0.29, 0.717) is 19.1 Å². The van der Waals surface area contributed by atoms with Crippen molar-refractivity contribution in [3.63, 3.8) is 0 Å². The molecule has 1 aliphatic rings. The molecule has 0 spiro atoms. The van der Waals surface area contributed by atoms with E-state index in [1.165, 1.54) is 16.7 Å². The fourth-order valence-electron chi connectivity index (χ4n) is 3.48. The third-order valence-electron chi connectivity index (χ3n) is 4.80. The van der Waals surface area contributed by atoms with Gasteiger partial charge in [-0.25, -0.2) is 0 Å². The van der Waals surface area contributed by atoms with Gasteiger partial charge in [-0.3, -0.25) is 4.90 Å². The molecule has 1 N–H and O–H groups in total. The first-order chi connectivity index (χ1) is 12.2. The van der Waals surface area contributed by atoms with Gasteiger partial charge < -0.3 is 9.84 Å². The summed E-state index contributed by atoms with van der Waals surface area (Å²) in [7, 11) is 0. The van der Waals surface area contributed by atoms with E-state index in [4.69, 9.17) is 4.74 Å². The Hall–Kier alpha value is -1.68. The molecule has 0 bridgehead atoms. The van der Waals surface area contributed by atoms with Crippen LogP contribution >= 0.6 is 0 Å². The highest BCUT2D eigenvalue weighted by molar-refractivity contribution is 5.21. The quantitative estimate of drug-likeness (QED) is 0.798. The molecule has 1 aliphatic heterocycles. The van der Waals surface area contributed by atoms with Crippen molar-refractivity contribution >= 4 is 0 Å². The van der Waals surface area contributed by atoms with Gasteiger partial charge in [0, 0.05) is 26.2 Å². The average Bonchev–Trinajstić information content (AvgIpc) is 3.10. The molecule has 1 fully saturated rings. The largest absolute Gasteiger partial charge is 0.391 e. The second-order valence-corrected chi connectivity index (χ2v) is 7.16. The molecular weight excluding hydrogens is 310 g/mol. The number of benzene rings is 2. The van der Waals surface area contributed by atoms with Gasteiger partial charge in [-0.1, -0.05) is 60.2 Å². The second kappa shape index (κ2) is 9.14. The number of ether oxygens (including phenoxy) is 1. The van der Waals surface area contributed by atoms with Crippen molar-refractivity contribution in [2.75, 3.05) is 19.7 Å². The normalized spacial score (nSPS) is 18.6. The predicted molar refractivity (Wildman–Crippen MR) is 102 cm³/mol. The fourth-order valence-corrected chi connectivity index (χ4v) is 3.48. The Kier molecular flexibility index (Phi) is 6.62. The third-order valence-corrected chi connectivity index (χ3v) is 4.80. The van der Waals surface area contributed by atoms with E-state index < -0.39 is 0 Å². The van der Waals surface area contributed by atoms with Crippen molar-refractivity contribution in [3.8, 4) is 0 Å². The number of hydrogen-bond acceptors (Lipinski definition) is 3. The summed E-state index contributed by atoms with van der Waals surface area (Å²) in [6.07, 6.45) is 2.90. The Balaban J connectivity index is 1.61. The lowest BCUT2D eigenvalue weighted by atomic mass is 10.1. The molecule has 25 heavy (non-hydrogen) atoms. The Morgan fingerprint density at radius 2 is 1.84 bits per heavy atom. The van der Waals surface area contributed by atoms with Crippen LogP contribution in [0.2, 0.25) is 0 Å². The van der Waals surface area contributed by atoms with Crippen LogP contribution in [0.4, 0.5) is 0 Å². The zero-order valence-electron chi connectivity index (χ0n) is 15.1. The maximum absolute atomic E-state index is 10.6. The zero-order valence-corrected chi connectivity index (χ0v) is 15.1. The zero-order chi connectivity index (χ0) is 17.5. The van der Waals surface area contributed by atoms with Crippen molar-refractivity contribution in [3.05, 3.63) is 71.3 Å². The van der Waals surface area contributed by atoms with Gasteiger partial charge >= 0.3 is 0 Å². The summed E-state index contributed by atoms with van der Waals surface area (Å²) in [6.45, 7) is 5.39. The minimum Gasteiger partial charge on any atom is -0.391 e. The van der Waals surface area contributed by atoms with Gasteiger partial charge in [0.25, 0.3) is 0 Å². The summed E-state index contributed by atoms with van der Waals surface area (Å²) in [6, 6.07) is 18.9. The highest BCUT2D eigenvalue weighted by Crippen LogP contribution is 2.16. The van der Waals surface area contributed by atoms with Crippen LogP contribution in [0.15, 0.2) is 54.6 Å². The van der Waals surface area contributed by atoms with Crippen molar-refractivity contribution in [1.82, 2.24) is 4.90 Å². The van der Waals surface area contributed by atoms with Crippen LogP contribution in [0, 0.1) is 6.92 Å². The molecule has 3 nitrogen and oxygen atoms in total. The van der Waals surface area contributed by atoms with E-state index in [-0.39, 0.29) is 6.10 Å². The number of aryl methyl sites for hydroxylation is 1. The van der Waals surface area contributed by atoms with Crippen LogP contribution in [0.3, 0.4) is 0 Å². The van der Waals surface area contributed by atoms with Gasteiger partial charge in [0.15, 0.2) is 0 Å². The lowest BCUT2D eigenvalue weighted by molar-refractivity contribution is 0.0464. The van der Waals surface area contributed by atoms with Crippen LogP contribution < -0.4 is 0 Å². The van der Waals surface area contributed by atoms with E-state index in [9.17, 15) is 5.11 Å². The molecule has 0 radical (unpaired) electrons. The first kappa shape index (κ1) is 18.1. The topological polar surface area (TPSA) is 32.7 Å². The van der Waals surface area contributed by atoms with Gasteiger partial charge in [0.1, 0.15) is 0 Å². The second-order valence-electron chi connectivity index (χ2n) is 7.16. The molecule has 0 aromatic heterocycles. The van der Waals surface area contributed by atoms with Gasteiger partial charge in [0.05, 0.1) is 12.2 Å². The first-order valence-electron chi connectivity index (χ1n) is 9.30. The minimum absolute atomic E-state index is 0.300. The van der Waals surface area contributed by atoms with Crippen LogP contribution in [-0.2, 0) is 17.7 Å². The van der Waals surface area contributed by atoms with E-state index in [1.54, 1.807) is 0 Å². The molecule has 0 saturated carbocycles. The molecule has 2 aromatic rings. The van der Waals surface area contributed by atoms with Crippen molar-refractivity contribution in [1.29, 1.82) is 0 Å². The van der Waals surface area contributed by atoms with Crippen LogP contribution in [0.5, 0.6) is 0 Å². The lowest BCUT2D eigenvalue weighted by Crippen LogP contribution is -2.38. The van der Waals surface area contributed by atoms with Gasteiger partial charge in [0.2, 0.25) is 0 Å². The third kappa shape index (κ3) is 5.96. The Morgan fingerprint density at radius 1 is 1.08 bits per heavy atom. The van der Waals surface area contributed by atoms with E-state index in [2.05, 4.69) is 48.2 Å². The molecular formula is C22H29NO2. The minimum atomic E-state index is -0.366. The van der Waals surface area contributed by atoms with Crippen molar-refractivity contribution < 1.29 is 9.84 Å². The molecule has 134 valence electrons. The lowest BCUT2D eigenvalue weighted by Gasteiger charge is -2.27. The first-order valence-corrected chi connectivity index (χ1v) is 9.30. The molecule has 3 rings (SSSR count). The Morgan fingerprint density at radius 3 is 2.52 bits per heavy atom. The number of aliphatic hydroxyl groups excluding tert-OH is 1. The highest BCUT2D eigenvalue weighted by Gasteiger charge is 2.21. The van der Waals surface area contributed by atoms with Crippen molar-refractivity contribution in [2.45, 2.75) is 44.9 Å². The van der Waals surface area contributed by atoms with Crippen LogP contribution in [0.1, 0.15) is 29.5 Å². The van der Waals surface area contributed by atoms with Crippen molar-refractivity contribution in [2.24, 2.45) is 0 Å². The number of rotatable bonds is 8. The van der Waals surface area contributed by atoms with Gasteiger partial charge in [-0.15, -0.1) is 0 Å². The average molecular weight is 339 g/mol. The summed E-state index contributed by atoms with van der Waals surface area (Å²) in [5.41, 5.74) is 3.75. The summed E-state index contributed by atoms with van der Waals surface area (Å²) in [4.78, 5) is 2.34. The molecule has 0 aliphatic carbocycles. The number of hydrogen-bond donors (Lipinski definition) is 1. The Bertz CT molecular complexity index is 620. The maximum Gasteiger partial charge on any atom is 0.0707 e. The van der Waals surface area contributed by atoms with Gasteiger partial charge in [-0.05, 0) is 37.3 Å². The molecule has 2 unspecified atom stereocenters. The SMILES string of the molecule is Cc1ccc(CN(CC(O)Cc2ccccc2)CC2CCCO2)cc1. The summed E-state index contributed by atoms with van der Waals surface area (Å²) < 4.78 is 5.82. The fraction of sp³-hybridized carbons (Fsp3) is 0.455. The standard InChI is InChI=1S/C22H29NO2/c1-18-9-11-20(12-10-18)15-23(17-22-8-5-13-25-22)16-21(24)14-19-6-3-2-4-7-19/h2-4,6-7,9-12,21-22,24H,5,8,13-17H2,1H3. The van der Waals surface area contributed by atoms with E-state index in [1.807, 2.05) is 18.2 Å². The number of aliphatic hydroxyl groups is 1. The van der Waals surface area contributed by atoms with E-state index in [0.717, 1.165) is 32.5 Å². The molecule has 1 heterocycles. The molecule has 2 aromatic carbocycles. The predicted octanol–water partition coefficient (Wildman–Crippen LogP) is 3.58. The van der Waals surface area contributed by atoms with E-state index >= 15 is 0 Å². The van der Waals surface area contributed by atoms with Gasteiger partial charge in [-0.2, -0.15) is 0 Å². The molecule has 3 heteroatoms. The summed E-state index contributed by atoms with van der Waals surface area (Å²) >= 11 is 0. The highest BCUT2D eigenvalue weighted by atomic mass is 16.5. The molecule has 2 atom stereocenters. The van der Waals surface area contributed by atoms with Crippen LogP contribution in [0.25, 0.3) is 0 Å². The summed E-state index contributed by atoms with van der Waals surface area (Å²) in [5.74, 6) is 0.